The Kier molecular flexibility index (Phi) is 7.66. The highest BCUT2D eigenvalue weighted by molar-refractivity contribution is 7.10. The van der Waals surface area contributed by atoms with E-state index in [2.05, 4.69) is 11.6 Å². The maximum Gasteiger partial charge on any atom is 0.338 e. The lowest BCUT2D eigenvalue weighted by Gasteiger charge is -2.23. The van der Waals surface area contributed by atoms with E-state index < -0.39 is 18.0 Å². The van der Waals surface area contributed by atoms with E-state index in [9.17, 15) is 14.4 Å². The number of aromatic nitrogens is 1. The number of thiazole rings is 1. The fourth-order valence-electron chi connectivity index (χ4n) is 3.78. The fraction of sp³-hybridized carbons (Fsp3) is 0.231. The molecule has 0 amide bonds. The first-order valence-electron chi connectivity index (χ1n) is 11.1. The lowest BCUT2D eigenvalue weighted by molar-refractivity contribution is -0.138. The van der Waals surface area contributed by atoms with Crippen LogP contribution in [0.3, 0.4) is 0 Å². The van der Waals surface area contributed by atoms with Crippen molar-refractivity contribution in [2.24, 2.45) is 4.99 Å². The Morgan fingerprint density at radius 1 is 1.25 bits per heavy atom. The van der Waals surface area contributed by atoms with Gasteiger partial charge in [0, 0.05) is 11.8 Å². The summed E-state index contributed by atoms with van der Waals surface area (Å²) in [5, 5.41) is 1.90. The largest absolute Gasteiger partial charge is 0.490 e. The first kappa shape index (κ1) is 25.3. The Labute approximate surface area is 215 Å². The van der Waals surface area contributed by atoms with Gasteiger partial charge in [-0.1, -0.05) is 36.1 Å². The van der Waals surface area contributed by atoms with Crippen LogP contribution in [0, 0.1) is 0 Å². The minimum absolute atomic E-state index is 0.0582. The molecule has 0 aliphatic carbocycles. The molecule has 3 aromatic rings. The van der Waals surface area contributed by atoms with E-state index >= 15 is 0 Å². The summed E-state index contributed by atoms with van der Waals surface area (Å²) in [6.45, 7) is 8.91. The van der Waals surface area contributed by atoms with Gasteiger partial charge in [-0.3, -0.25) is 14.2 Å². The molecule has 0 radical (unpaired) electrons. The van der Waals surface area contributed by atoms with Gasteiger partial charge in [-0.25, -0.2) is 9.79 Å². The van der Waals surface area contributed by atoms with Crippen LogP contribution in [0.2, 0.25) is 0 Å². The van der Waals surface area contributed by atoms with Crippen LogP contribution >= 0.6 is 22.7 Å². The summed E-state index contributed by atoms with van der Waals surface area (Å²) >= 11 is 2.68. The van der Waals surface area contributed by atoms with Crippen molar-refractivity contribution < 1.29 is 23.8 Å². The number of carbonyl (C=O) groups is 2. The summed E-state index contributed by atoms with van der Waals surface area (Å²) < 4.78 is 18.1. The van der Waals surface area contributed by atoms with Crippen molar-refractivity contribution >= 4 is 40.7 Å². The minimum atomic E-state index is -0.647. The number of hydrogen-bond donors (Lipinski definition) is 0. The van der Waals surface area contributed by atoms with Gasteiger partial charge in [0.15, 0.2) is 16.3 Å². The molecule has 0 saturated heterocycles. The summed E-state index contributed by atoms with van der Waals surface area (Å²) in [5.74, 6) is -0.289. The molecule has 36 heavy (non-hydrogen) atoms. The molecule has 4 rings (SSSR count). The smallest absolute Gasteiger partial charge is 0.338 e. The van der Waals surface area contributed by atoms with Crippen LogP contribution in [-0.2, 0) is 14.3 Å². The standard InChI is InChI=1S/C26H24N2O6S2/c1-5-11-33-25(31)22-15(3)27-26-28(23(22)20-8-7-12-35-20)24(30)21(36-26)14-17-9-10-18(34-16(4)29)19(13-17)32-6-2/h5,7-10,12-14,23H,1,6,11H2,2-4H3/b21-14-. The molecule has 1 aromatic carbocycles. The van der Waals surface area contributed by atoms with Crippen LogP contribution < -0.4 is 24.4 Å². The number of fused-ring (bicyclic) bond motifs is 1. The van der Waals surface area contributed by atoms with Gasteiger partial charge in [0.1, 0.15) is 12.6 Å². The topological polar surface area (TPSA) is 96.2 Å². The van der Waals surface area contributed by atoms with Crippen molar-refractivity contribution in [3.05, 3.63) is 89.8 Å². The van der Waals surface area contributed by atoms with Crippen molar-refractivity contribution in [1.82, 2.24) is 4.57 Å². The first-order chi connectivity index (χ1) is 17.3. The molecule has 1 unspecified atom stereocenters. The third-order valence-electron chi connectivity index (χ3n) is 5.21. The second-order valence-electron chi connectivity index (χ2n) is 7.72. The molecule has 1 aliphatic rings. The predicted octanol–water partition coefficient (Wildman–Crippen LogP) is 3.35. The van der Waals surface area contributed by atoms with Crippen molar-refractivity contribution in [3.8, 4) is 11.5 Å². The molecule has 1 atom stereocenters. The first-order valence-corrected chi connectivity index (χ1v) is 12.8. The van der Waals surface area contributed by atoms with E-state index in [1.807, 2.05) is 24.4 Å². The highest BCUT2D eigenvalue weighted by Crippen LogP contribution is 2.33. The molecule has 0 N–H and O–H groups in total. The molecular weight excluding hydrogens is 500 g/mol. The number of benzene rings is 1. The van der Waals surface area contributed by atoms with Gasteiger partial charge in [-0.05, 0) is 49.1 Å². The number of nitrogens with zero attached hydrogens (tertiary/aromatic N) is 2. The number of thiophene rings is 1. The number of rotatable bonds is 8. The molecule has 0 fully saturated rings. The second kappa shape index (κ2) is 10.9. The Balaban J connectivity index is 1.84. The zero-order valence-electron chi connectivity index (χ0n) is 20.0. The summed E-state index contributed by atoms with van der Waals surface area (Å²) in [7, 11) is 0. The van der Waals surface area contributed by atoms with Gasteiger partial charge in [-0.15, -0.1) is 11.3 Å². The summed E-state index contributed by atoms with van der Waals surface area (Å²) in [4.78, 5) is 43.9. The Morgan fingerprint density at radius 2 is 2.06 bits per heavy atom. The molecule has 0 saturated carbocycles. The van der Waals surface area contributed by atoms with Gasteiger partial charge in [0.2, 0.25) is 0 Å². The van der Waals surface area contributed by atoms with E-state index in [1.165, 1.54) is 40.2 Å². The molecule has 10 heteroatoms. The van der Waals surface area contributed by atoms with Gasteiger partial charge >= 0.3 is 11.9 Å². The fourth-order valence-corrected chi connectivity index (χ4v) is 5.65. The van der Waals surface area contributed by atoms with Gasteiger partial charge in [-0.2, -0.15) is 0 Å². The minimum Gasteiger partial charge on any atom is -0.490 e. The van der Waals surface area contributed by atoms with E-state index in [4.69, 9.17) is 14.2 Å². The Hall–Kier alpha value is -3.76. The maximum absolute atomic E-state index is 13.6. The van der Waals surface area contributed by atoms with Crippen LogP contribution in [0.1, 0.15) is 37.3 Å². The predicted molar refractivity (Wildman–Crippen MR) is 138 cm³/mol. The maximum atomic E-state index is 13.6. The zero-order chi connectivity index (χ0) is 25.8. The number of ether oxygens (including phenoxy) is 3. The molecule has 8 nitrogen and oxygen atoms in total. The van der Waals surface area contributed by atoms with E-state index in [0.29, 0.717) is 44.3 Å². The molecule has 0 bridgehead atoms. The van der Waals surface area contributed by atoms with Crippen molar-refractivity contribution in [2.75, 3.05) is 13.2 Å². The molecule has 1 aliphatic heterocycles. The van der Waals surface area contributed by atoms with E-state index in [0.717, 1.165) is 4.88 Å². The quantitative estimate of drug-likeness (QED) is 0.255. The van der Waals surface area contributed by atoms with Crippen LogP contribution in [0.4, 0.5) is 0 Å². The van der Waals surface area contributed by atoms with Crippen LogP contribution in [-0.4, -0.2) is 29.7 Å². The van der Waals surface area contributed by atoms with Gasteiger partial charge in [0.25, 0.3) is 5.56 Å². The monoisotopic (exact) mass is 524 g/mol. The SMILES string of the molecule is C=CCOC(=O)C1=C(C)N=c2s/c(=C\c3ccc(OC(C)=O)c(OCC)c3)c(=O)n2C1c1cccs1. The third-order valence-corrected chi connectivity index (χ3v) is 7.11. The lowest BCUT2D eigenvalue weighted by atomic mass is 10.0. The zero-order valence-corrected chi connectivity index (χ0v) is 21.6. The molecule has 3 heterocycles. The Morgan fingerprint density at radius 3 is 2.72 bits per heavy atom. The van der Waals surface area contributed by atoms with Crippen LogP contribution in [0.5, 0.6) is 11.5 Å². The van der Waals surface area contributed by atoms with Gasteiger partial charge < -0.3 is 14.2 Å². The molecule has 0 spiro atoms. The number of hydrogen-bond acceptors (Lipinski definition) is 9. The van der Waals surface area contributed by atoms with Crippen LogP contribution in [0.15, 0.2) is 69.4 Å². The Bertz CT molecular complexity index is 1530. The van der Waals surface area contributed by atoms with Gasteiger partial charge in [0.05, 0.1) is 22.4 Å². The molecular formula is C26H24N2O6S2. The van der Waals surface area contributed by atoms with Crippen molar-refractivity contribution in [1.29, 1.82) is 0 Å². The summed E-state index contributed by atoms with van der Waals surface area (Å²) in [6.07, 6.45) is 3.22. The summed E-state index contributed by atoms with van der Waals surface area (Å²) in [6, 6.07) is 8.18. The lowest BCUT2D eigenvalue weighted by Crippen LogP contribution is -2.39. The highest BCUT2D eigenvalue weighted by Gasteiger charge is 2.33. The number of allylic oxidation sites excluding steroid dienone is 1. The molecule has 186 valence electrons. The highest BCUT2D eigenvalue weighted by atomic mass is 32.1. The molecule has 2 aromatic heterocycles. The van der Waals surface area contributed by atoms with Crippen molar-refractivity contribution in [3.63, 3.8) is 0 Å². The van der Waals surface area contributed by atoms with Crippen LogP contribution in [0.25, 0.3) is 6.08 Å². The average Bonchev–Trinajstić information content (AvgIpc) is 3.47. The van der Waals surface area contributed by atoms with E-state index in [1.54, 1.807) is 31.2 Å². The van der Waals surface area contributed by atoms with E-state index in [-0.39, 0.29) is 12.2 Å². The second-order valence-corrected chi connectivity index (χ2v) is 9.71. The third kappa shape index (κ3) is 5.09. The van der Waals surface area contributed by atoms with Crippen molar-refractivity contribution in [2.45, 2.75) is 26.8 Å². The number of esters is 2. The summed E-state index contributed by atoms with van der Waals surface area (Å²) in [5.41, 5.74) is 1.23. The average molecular weight is 525 g/mol. The normalized spacial score (nSPS) is 15.2. The number of carbonyl (C=O) groups excluding carboxylic acids is 2.